The molecule has 0 spiro atoms. The molecule has 0 unspecified atom stereocenters. The molecule has 0 N–H and O–H groups in total. The van der Waals surface area contributed by atoms with Crippen LogP contribution in [-0.4, -0.2) is 38.5 Å². The molecular weight excluding hydrogens is 478 g/mol. The number of anilines is 2. The Balaban J connectivity index is 1.59. The molecule has 3 aromatic rings. The predicted molar refractivity (Wildman–Crippen MR) is 147 cm³/mol. The van der Waals surface area contributed by atoms with Crippen LogP contribution in [0.3, 0.4) is 0 Å². The molecule has 190 valence electrons. The number of ether oxygens (including phenoxy) is 2. The van der Waals surface area contributed by atoms with Gasteiger partial charge in [-0.3, -0.25) is 9.69 Å². The molecule has 1 heterocycles. The number of aliphatic imine (C=N–C) groups is 1. The molecule has 0 fully saturated rings. The monoisotopic (exact) mass is 505 g/mol. The second-order valence-electron chi connectivity index (χ2n) is 8.39. The standard InChI is InChI=1S/C30H27N5O3/c1-37-26-15-13-25(14-16-26)35-29(22-38-27-7-3-2-4-8-27)33-28(30(35)36)21-23-9-11-24(12-10-23)34(19-5-17-31)20-6-18-32/h2-4,7-16,21H,5-6,19-20,22H2,1H3/b28-21+. The smallest absolute Gasteiger partial charge is 0.282 e. The van der Waals surface area contributed by atoms with E-state index >= 15 is 0 Å². The average molecular weight is 506 g/mol. The SMILES string of the molecule is COc1ccc(N2C(=O)/C(=C\c3ccc(N(CCC#N)CCC#N)cc3)N=C2COc2ccccc2)cc1. The van der Waals surface area contributed by atoms with Crippen LogP contribution in [0.25, 0.3) is 6.08 Å². The van der Waals surface area contributed by atoms with Crippen molar-refractivity contribution in [1.82, 2.24) is 0 Å². The van der Waals surface area contributed by atoms with Crippen molar-refractivity contribution in [1.29, 1.82) is 10.5 Å². The fourth-order valence-electron chi connectivity index (χ4n) is 4.00. The summed E-state index contributed by atoms with van der Waals surface area (Å²) >= 11 is 0. The highest BCUT2D eigenvalue weighted by atomic mass is 16.5. The minimum absolute atomic E-state index is 0.116. The van der Waals surface area contributed by atoms with Crippen molar-refractivity contribution < 1.29 is 14.3 Å². The fourth-order valence-corrected chi connectivity index (χ4v) is 4.00. The van der Waals surface area contributed by atoms with E-state index in [4.69, 9.17) is 20.0 Å². The van der Waals surface area contributed by atoms with Crippen molar-refractivity contribution >= 4 is 29.2 Å². The third-order valence-electron chi connectivity index (χ3n) is 5.92. The summed E-state index contributed by atoms with van der Waals surface area (Å²) < 4.78 is 11.2. The summed E-state index contributed by atoms with van der Waals surface area (Å²) in [7, 11) is 1.59. The third kappa shape index (κ3) is 6.37. The van der Waals surface area contributed by atoms with Crippen LogP contribution in [0.4, 0.5) is 11.4 Å². The zero-order chi connectivity index (χ0) is 26.7. The molecule has 0 atom stereocenters. The highest BCUT2D eigenvalue weighted by Crippen LogP contribution is 2.28. The van der Waals surface area contributed by atoms with Gasteiger partial charge in [-0.1, -0.05) is 30.3 Å². The van der Waals surface area contributed by atoms with Crippen molar-refractivity contribution in [3.63, 3.8) is 0 Å². The molecule has 8 heteroatoms. The minimum atomic E-state index is -0.254. The van der Waals surface area contributed by atoms with E-state index in [2.05, 4.69) is 17.1 Å². The number of para-hydroxylation sites is 1. The first-order valence-electron chi connectivity index (χ1n) is 12.2. The number of amidine groups is 1. The van der Waals surface area contributed by atoms with Crippen LogP contribution in [-0.2, 0) is 4.79 Å². The van der Waals surface area contributed by atoms with Crippen LogP contribution in [0.1, 0.15) is 18.4 Å². The van der Waals surface area contributed by atoms with E-state index < -0.39 is 0 Å². The Kier molecular flexibility index (Phi) is 8.72. The van der Waals surface area contributed by atoms with Gasteiger partial charge in [0.2, 0.25) is 0 Å². The highest BCUT2D eigenvalue weighted by Gasteiger charge is 2.32. The average Bonchev–Trinajstić information content (AvgIpc) is 3.27. The zero-order valence-corrected chi connectivity index (χ0v) is 21.1. The largest absolute Gasteiger partial charge is 0.497 e. The van der Waals surface area contributed by atoms with E-state index in [1.807, 2.05) is 71.6 Å². The quantitative estimate of drug-likeness (QED) is 0.332. The number of amides is 1. The molecule has 1 aliphatic heterocycles. The number of carbonyl (C=O) groups excluding carboxylic acids is 1. The number of hydrogen-bond donors (Lipinski definition) is 0. The number of methoxy groups -OCH3 is 1. The van der Waals surface area contributed by atoms with E-state index in [0.717, 1.165) is 11.3 Å². The Labute approximate surface area is 222 Å². The van der Waals surface area contributed by atoms with Gasteiger partial charge < -0.3 is 14.4 Å². The van der Waals surface area contributed by atoms with Gasteiger partial charge in [0.1, 0.15) is 23.8 Å². The van der Waals surface area contributed by atoms with E-state index in [1.165, 1.54) is 0 Å². The van der Waals surface area contributed by atoms with Crippen molar-refractivity contribution in [2.75, 3.05) is 36.6 Å². The van der Waals surface area contributed by atoms with Crippen molar-refractivity contribution in [2.45, 2.75) is 12.8 Å². The van der Waals surface area contributed by atoms with Crippen molar-refractivity contribution in [3.05, 3.63) is 90.1 Å². The summed E-state index contributed by atoms with van der Waals surface area (Å²) in [5.41, 5.74) is 2.68. The van der Waals surface area contributed by atoms with E-state index in [9.17, 15) is 4.79 Å². The predicted octanol–water partition coefficient (Wildman–Crippen LogP) is 5.19. The summed E-state index contributed by atoms with van der Waals surface area (Å²) in [6.07, 6.45) is 2.48. The minimum Gasteiger partial charge on any atom is -0.497 e. The van der Waals surface area contributed by atoms with Gasteiger partial charge >= 0.3 is 0 Å². The lowest BCUT2D eigenvalue weighted by Gasteiger charge is -2.22. The van der Waals surface area contributed by atoms with Gasteiger partial charge in [-0.15, -0.1) is 0 Å². The van der Waals surface area contributed by atoms with Gasteiger partial charge in [0, 0.05) is 18.8 Å². The summed E-state index contributed by atoms with van der Waals surface area (Å²) in [6, 6.07) is 28.5. The fraction of sp³-hybridized carbons (Fsp3) is 0.200. The lowest BCUT2D eigenvalue weighted by Crippen LogP contribution is -2.35. The molecule has 0 saturated carbocycles. The second-order valence-corrected chi connectivity index (χ2v) is 8.39. The maximum absolute atomic E-state index is 13.5. The molecule has 0 aromatic heterocycles. The van der Waals surface area contributed by atoms with Gasteiger partial charge in [-0.05, 0) is 60.2 Å². The number of nitrogens with zero attached hydrogens (tertiary/aromatic N) is 5. The molecule has 0 radical (unpaired) electrons. The first-order valence-corrected chi connectivity index (χ1v) is 12.2. The molecule has 4 rings (SSSR count). The van der Waals surface area contributed by atoms with E-state index in [-0.39, 0.29) is 12.5 Å². The van der Waals surface area contributed by atoms with Crippen LogP contribution in [0.2, 0.25) is 0 Å². The van der Waals surface area contributed by atoms with Gasteiger partial charge in [-0.2, -0.15) is 10.5 Å². The highest BCUT2D eigenvalue weighted by molar-refractivity contribution is 6.29. The van der Waals surface area contributed by atoms with Crippen LogP contribution < -0.4 is 19.3 Å². The molecule has 3 aromatic carbocycles. The second kappa shape index (κ2) is 12.8. The number of hydrogen-bond acceptors (Lipinski definition) is 7. The van der Waals surface area contributed by atoms with Crippen LogP contribution in [0, 0.1) is 22.7 Å². The van der Waals surface area contributed by atoms with Gasteiger partial charge in [0.15, 0.2) is 5.84 Å². The van der Waals surface area contributed by atoms with E-state index in [1.54, 1.807) is 30.2 Å². The Morgan fingerprint density at radius 1 is 0.895 bits per heavy atom. The van der Waals surface area contributed by atoms with Gasteiger partial charge in [-0.25, -0.2) is 4.99 Å². The number of rotatable bonds is 11. The Morgan fingerprint density at radius 2 is 1.55 bits per heavy atom. The van der Waals surface area contributed by atoms with Gasteiger partial charge in [0.05, 0.1) is 37.8 Å². The lowest BCUT2D eigenvalue weighted by atomic mass is 10.1. The summed E-state index contributed by atoms with van der Waals surface area (Å²) in [4.78, 5) is 21.7. The van der Waals surface area contributed by atoms with Crippen molar-refractivity contribution in [3.8, 4) is 23.6 Å². The number of benzene rings is 3. The van der Waals surface area contributed by atoms with Gasteiger partial charge in [0.25, 0.3) is 5.91 Å². The molecule has 0 saturated heterocycles. The van der Waals surface area contributed by atoms with Crippen LogP contribution in [0.15, 0.2) is 89.6 Å². The Morgan fingerprint density at radius 3 is 2.16 bits per heavy atom. The molecule has 38 heavy (non-hydrogen) atoms. The van der Waals surface area contributed by atoms with Crippen LogP contribution >= 0.6 is 0 Å². The first kappa shape index (κ1) is 26.0. The molecule has 1 amide bonds. The maximum Gasteiger partial charge on any atom is 0.282 e. The summed E-state index contributed by atoms with van der Waals surface area (Å²) in [6.45, 7) is 1.21. The molecular formula is C30H27N5O3. The number of carbonyl (C=O) groups is 1. The van der Waals surface area contributed by atoms with Crippen molar-refractivity contribution in [2.24, 2.45) is 4.99 Å². The Bertz CT molecular complexity index is 1370. The molecule has 0 aliphatic carbocycles. The molecule has 1 aliphatic rings. The first-order chi connectivity index (χ1) is 18.6. The normalized spacial score (nSPS) is 13.6. The zero-order valence-electron chi connectivity index (χ0n) is 21.1. The summed E-state index contributed by atoms with van der Waals surface area (Å²) in [5, 5.41) is 17.9. The van der Waals surface area contributed by atoms with E-state index in [0.29, 0.717) is 54.7 Å². The number of nitriles is 2. The molecule has 8 nitrogen and oxygen atoms in total. The Hall–Kier alpha value is -5.08. The lowest BCUT2D eigenvalue weighted by molar-refractivity contribution is -0.113. The summed E-state index contributed by atoms with van der Waals surface area (Å²) in [5.74, 6) is 1.60. The third-order valence-corrected chi connectivity index (χ3v) is 5.92. The van der Waals surface area contributed by atoms with Crippen LogP contribution in [0.5, 0.6) is 11.5 Å². The molecule has 0 bridgehead atoms. The topological polar surface area (TPSA) is 102 Å². The maximum atomic E-state index is 13.5.